The van der Waals surface area contributed by atoms with E-state index in [2.05, 4.69) is 4.18 Å². The number of hydrogen-bond donors (Lipinski definition) is 9. The summed E-state index contributed by atoms with van der Waals surface area (Å²) in [6, 6.07) is 0. The van der Waals surface area contributed by atoms with E-state index in [0.717, 1.165) is 0 Å². The number of rotatable bonds is 10. The van der Waals surface area contributed by atoms with Crippen LogP contribution in [0.3, 0.4) is 0 Å². The average Bonchev–Trinajstić information content (AvgIpc) is 2.82. The molecular weight excluding hydrogens is 400 g/mol. The Morgan fingerprint density at radius 3 is 2.08 bits per heavy atom. The molecule has 0 aromatic heterocycles. The first-order valence-corrected chi connectivity index (χ1v) is 10.5. The van der Waals surface area contributed by atoms with E-state index in [1.807, 2.05) is 0 Å². The van der Waals surface area contributed by atoms with E-state index in [1.165, 1.54) is 0 Å². The fraction of sp³-hybridized carbons (Fsp3) is 1.00. The van der Waals surface area contributed by atoms with Gasteiger partial charge in [-0.05, 0) is 0 Å². The Hall–Kier alpha value is -0.100. The Kier molecular flexibility index (Phi) is 9.12. The lowest BCUT2D eigenvalue weighted by molar-refractivity contribution is -0.129. The summed E-state index contributed by atoms with van der Waals surface area (Å²) >= 11 is 0. The van der Waals surface area contributed by atoms with E-state index >= 15 is 0 Å². The molecule has 9 N–H and O–H groups in total. The van der Waals surface area contributed by atoms with Gasteiger partial charge in [-0.15, -0.1) is 0 Å². The highest BCUT2D eigenvalue weighted by Crippen LogP contribution is 2.26. The summed E-state index contributed by atoms with van der Waals surface area (Å²) in [7, 11) is -6.18. The molecular formula is C12H25O12S2+. The topological polar surface area (TPSA) is 225 Å². The van der Waals surface area contributed by atoms with Crippen molar-refractivity contribution in [1.82, 2.24) is 0 Å². The molecule has 14 heteroatoms. The molecule has 0 spiro atoms. The molecule has 0 radical (unpaired) electrons. The molecule has 1 saturated heterocycles. The number of aliphatic hydroxyl groups is 8. The molecule has 0 aromatic rings. The zero-order valence-electron chi connectivity index (χ0n) is 13.5. The maximum atomic E-state index is 11.0. The van der Waals surface area contributed by atoms with E-state index < -0.39 is 82.5 Å². The Morgan fingerprint density at radius 2 is 1.62 bits per heavy atom. The molecule has 156 valence electrons. The molecule has 26 heavy (non-hydrogen) atoms. The van der Waals surface area contributed by atoms with E-state index in [0.29, 0.717) is 0 Å². The lowest BCUT2D eigenvalue weighted by atomic mass is 10.0. The van der Waals surface area contributed by atoms with Crippen LogP contribution in [0.2, 0.25) is 0 Å². The summed E-state index contributed by atoms with van der Waals surface area (Å²) in [6.07, 6.45) is -12.6. The monoisotopic (exact) mass is 425 g/mol. The van der Waals surface area contributed by atoms with Crippen LogP contribution >= 0.6 is 0 Å². The van der Waals surface area contributed by atoms with Gasteiger partial charge in [-0.25, -0.2) is 4.18 Å². The first kappa shape index (κ1) is 23.9. The van der Waals surface area contributed by atoms with Crippen molar-refractivity contribution >= 4 is 21.3 Å². The predicted octanol–water partition coefficient (Wildman–Crippen LogP) is -5.68. The maximum Gasteiger partial charge on any atom is 0.397 e. The number of hydrogen-bond acceptors (Lipinski definition) is 11. The molecule has 9 atom stereocenters. The van der Waals surface area contributed by atoms with Gasteiger partial charge in [-0.1, -0.05) is 0 Å². The Labute approximate surface area is 152 Å². The van der Waals surface area contributed by atoms with Gasteiger partial charge in [0, 0.05) is 10.9 Å². The van der Waals surface area contributed by atoms with Crippen LogP contribution < -0.4 is 0 Å². The van der Waals surface area contributed by atoms with Crippen LogP contribution in [0, 0.1) is 0 Å². The third-order valence-electron chi connectivity index (χ3n) is 4.03. The molecule has 1 aliphatic heterocycles. The largest absolute Gasteiger partial charge is 0.397 e. The van der Waals surface area contributed by atoms with Crippen molar-refractivity contribution in [3.8, 4) is 0 Å². The van der Waals surface area contributed by atoms with Crippen LogP contribution in [0.1, 0.15) is 0 Å². The van der Waals surface area contributed by atoms with Crippen molar-refractivity contribution in [3.05, 3.63) is 0 Å². The minimum Gasteiger partial charge on any atom is -0.394 e. The normalized spacial score (nSPS) is 32.8. The van der Waals surface area contributed by atoms with Gasteiger partial charge in [-0.2, -0.15) is 8.42 Å². The van der Waals surface area contributed by atoms with Crippen LogP contribution in [0.5, 0.6) is 0 Å². The van der Waals surface area contributed by atoms with Gasteiger partial charge < -0.3 is 40.9 Å². The third kappa shape index (κ3) is 6.22. The zero-order valence-corrected chi connectivity index (χ0v) is 15.1. The average molecular weight is 425 g/mol. The van der Waals surface area contributed by atoms with Crippen LogP contribution in [0.4, 0.5) is 0 Å². The van der Waals surface area contributed by atoms with Crippen molar-refractivity contribution in [2.45, 2.75) is 48.0 Å². The van der Waals surface area contributed by atoms with Gasteiger partial charge in [0.15, 0.2) is 5.25 Å². The van der Waals surface area contributed by atoms with Crippen molar-refractivity contribution in [1.29, 1.82) is 0 Å². The van der Waals surface area contributed by atoms with Gasteiger partial charge in [0.05, 0.1) is 13.2 Å². The van der Waals surface area contributed by atoms with Gasteiger partial charge in [-0.3, -0.25) is 4.55 Å². The molecule has 1 fully saturated rings. The Bertz CT molecular complexity index is 530. The van der Waals surface area contributed by atoms with Gasteiger partial charge in [0.1, 0.15) is 54.2 Å². The lowest BCUT2D eigenvalue weighted by Gasteiger charge is -2.30. The lowest BCUT2D eigenvalue weighted by Crippen LogP contribution is -2.53. The second-order valence-electron chi connectivity index (χ2n) is 5.94. The molecule has 1 heterocycles. The van der Waals surface area contributed by atoms with Crippen molar-refractivity contribution < 1.29 is 58.0 Å². The molecule has 0 aliphatic carbocycles. The first-order valence-electron chi connectivity index (χ1n) is 7.55. The van der Waals surface area contributed by atoms with E-state index in [9.17, 15) is 44.2 Å². The molecule has 1 unspecified atom stereocenters. The highest BCUT2D eigenvalue weighted by Gasteiger charge is 2.52. The smallest absolute Gasteiger partial charge is 0.394 e. The zero-order chi connectivity index (χ0) is 20.2. The summed E-state index contributed by atoms with van der Waals surface area (Å²) in [5.41, 5.74) is 0. The first-order chi connectivity index (χ1) is 11.9. The molecule has 12 nitrogen and oxygen atoms in total. The highest BCUT2D eigenvalue weighted by molar-refractivity contribution is 7.97. The third-order valence-corrected chi connectivity index (χ3v) is 7.32. The second kappa shape index (κ2) is 9.90. The van der Waals surface area contributed by atoms with Gasteiger partial charge in [0.2, 0.25) is 0 Å². The van der Waals surface area contributed by atoms with Crippen LogP contribution in [0.25, 0.3) is 0 Å². The standard InChI is InChI=1S/C12H24O12S2/c13-1-5(15)10(19)11(20)12(24-26(21,22)23)7(17)4-25-3-6(16)9(18)8(25)2-14/h5-20H,1-4H2/p+1/t5-,6-,7-,8-,9+,10+,11+,12-,25?/m1/s1. The quantitative estimate of drug-likeness (QED) is 0.118. The minimum absolute atomic E-state index is 0.0139. The molecule has 0 aromatic carbocycles. The van der Waals surface area contributed by atoms with Crippen molar-refractivity contribution in [2.24, 2.45) is 0 Å². The summed E-state index contributed by atoms with van der Waals surface area (Å²) in [5.74, 6) is -0.363. The summed E-state index contributed by atoms with van der Waals surface area (Å²) < 4.78 is 35.0. The molecule has 0 saturated carbocycles. The van der Waals surface area contributed by atoms with E-state index in [-0.39, 0.29) is 11.5 Å². The minimum atomic E-state index is -5.17. The van der Waals surface area contributed by atoms with Crippen molar-refractivity contribution in [3.63, 3.8) is 0 Å². The van der Waals surface area contributed by atoms with E-state index in [1.54, 1.807) is 0 Å². The highest BCUT2D eigenvalue weighted by atomic mass is 32.3. The van der Waals surface area contributed by atoms with Crippen LogP contribution in [-0.2, 0) is 25.5 Å². The summed E-state index contributed by atoms with van der Waals surface area (Å²) in [6.45, 7) is -1.51. The molecule has 0 amide bonds. The summed E-state index contributed by atoms with van der Waals surface area (Å²) in [5, 5.41) is 76.0. The number of aliphatic hydroxyl groups excluding tert-OH is 8. The van der Waals surface area contributed by atoms with Crippen LogP contribution in [0.15, 0.2) is 0 Å². The van der Waals surface area contributed by atoms with Crippen LogP contribution in [-0.4, -0.2) is 127 Å². The maximum absolute atomic E-state index is 11.0. The fourth-order valence-corrected chi connectivity index (χ4v) is 5.83. The fourth-order valence-electron chi connectivity index (χ4n) is 2.62. The SMILES string of the molecule is O=S(=O)(O)O[C@@H]([C@@H](O)[C@@H](O)[C@H](O)CO)[C@H](O)C[S+]1C[C@@H](O)[C@H](O)[C@H]1CO. The molecule has 1 rings (SSSR count). The Morgan fingerprint density at radius 1 is 1.04 bits per heavy atom. The Balaban J connectivity index is 2.95. The van der Waals surface area contributed by atoms with Crippen molar-refractivity contribution in [2.75, 3.05) is 24.7 Å². The second-order valence-corrected chi connectivity index (χ2v) is 9.33. The van der Waals surface area contributed by atoms with Gasteiger partial charge >= 0.3 is 10.4 Å². The van der Waals surface area contributed by atoms with E-state index in [4.69, 9.17) is 9.66 Å². The predicted molar refractivity (Wildman–Crippen MR) is 87.5 cm³/mol. The molecule has 1 aliphatic rings. The van der Waals surface area contributed by atoms with Gasteiger partial charge in [0.25, 0.3) is 0 Å². The summed E-state index contributed by atoms with van der Waals surface area (Å²) in [4.78, 5) is 0. The molecule has 0 bridgehead atoms.